The van der Waals surface area contributed by atoms with Gasteiger partial charge in [0.25, 0.3) is 0 Å². The van der Waals surface area contributed by atoms with Gasteiger partial charge in [-0.2, -0.15) is 0 Å². The highest BCUT2D eigenvalue weighted by atomic mass is 16.5. The summed E-state index contributed by atoms with van der Waals surface area (Å²) in [6, 6.07) is 7.54. The van der Waals surface area contributed by atoms with Crippen molar-refractivity contribution in [2.24, 2.45) is 5.73 Å². The van der Waals surface area contributed by atoms with Crippen LogP contribution in [0, 0.1) is 0 Å². The minimum atomic E-state index is -0.0300. The monoisotopic (exact) mass is 278 g/mol. The van der Waals surface area contributed by atoms with Crippen molar-refractivity contribution in [3.05, 3.63) is 29.8 Å². The van der Waals surface area contributed by atoms with Crippen molar-refractivity contribution < 1.29 is 14.3 Å². The van der Waals surface area contributed by atoms with E-state index >= 15 is 0 Å². The third-order valence-electron chi connectivity index (χ3n) is 3.32. The lowest BCUT2D eigenvalue weighted by molar-refractivity contribution is -0.118. The molecule has 1 fully saturated rings. The zero-order chi connectivity index (χ0) is 14.2. The lowest BCUT2D eigenvalue weighted by Crippen LogP contribution is -2.25. The highest BCUT2D eigenvalue weighted by molar-refractivity contribution is 5.90. The van der Waals surface area contributed by atoms with Gasteiger partial charge >= 0.3 is 0 Å². The largest absolute Gasteiger partial charge is 0.381 e. The van der Waals surface area contributed by atoms with Gasteiger partial charge in [0.05, 0.1) is 19.1 Å². The molecule has 1 heterocycles. The molecule has 0 saturated carbocycles. The highest BCUT2D eigenvalue weighted by Crippen LogP contribution is 2.12. The van der Waals surface area contributed by atoms with Crippen LogP contribution in [-0.2, 0) is 20.8 Å². The van der Waals surface area contributed by atoms with Gasteiger partial charge in [-0.15, -0.1) is 0 Å². The van der Waals surface area contributed by atoms with Crippen LogP contribution < -0.4 is 11.1 Å². The van der Waals surface area contributed by atoms with E-state index in [4.69, 9.17) is 15.2 Å². The minimum Gasteiger partial charge on any atom is -0.381 e. The van der Waals surface area contributed by atoms with Crippen molar-refractivity contribution in [1.82, 2.24) is 0 Å². The normalized spacial score (nSPS) is 16.1. The summed E-state index contributed by atoms with van der Waals surface area (Å²) in [5.74, 6) is -0.0300. The molecule has 0 bridgehead atoms. The molecule has 0 radical (unpaired) electrons. The number of nitrogens with two attached hydrogens (primary N) is 1. The molecule has 1 aliphatic heterocycles. The molecule has 0 atom stereocenters. The first-order chi connectivity index (χ1) is 9.78. The fraction of sp³-hybridized carbons (Fsp3) is 0.533. The molecule has 110 valence electrons. The Bertz CT molecular complexity index is 414. The Morgan fingerprint density at radius 2 is 2.00 bits per heavy atom. The number of nitrogens with one attached hydrogen (secondary N) is 1. The molecule has 0 aromatic heterocycles. The molecule has 1 amide bonds. The van der Waals surface area contributed by atoms with Crippen molar-refractivity contribution in [2.75, 3.05) is 25.1 Å². The molecule has 0 aliphatic carbocycles. The van der Waals surface area contributed by atoms with Gasteiger partial charge in [0.15, 0.2) is 0 Å². The Morgan fingerprint density at radius 3 is 2.65 bits per heavy atom. The number of amides is 1. The standard InChI is InChI=1S/C15H22N2O3/c16-11-12-1-3-13(4-2-12)17-15(18)7-10-20-14-5-8-19-9-6-14/h1-4,14H,5-11,16H2,(H,17,18). The van der Waals surface area contributed by atoms with E-state index in [1.807, 2.05) is 24.3 Å². The van der Waals surface area contributed by atoms with Gasteiger partial charge in [-0.3, -0.25) is 4.79 Å². The molecule has 0 spiro atoms. The van der Waals surface area contributed by atoms with Crippen LogP contribution in [0.15, 0.2) is 24.3 Å². The maximum absolute atomic E-state index is 11.8. The molecule has 1 aromatic rings. The van der Waals surface area contributed by atoms with Crippen LogP contribution >= 0.6 is 0 Å². The van der Waals surface area contributed by atoms with Gasteiger partial charge in [-0.05, 0) is 30.5 Å². The molecule has 1 saturated heterocycles. The maximum atomic E-state index is 11.8. The first-order valence-corrected chi connectivity index (χ1v) is 7.06. The van der Waals surface area contributed by atoms with Crippen molar-refractivity contribution >= 4 is 11.6 Å². The molecule has 2 rings (SSSR count). The zero-order valence-electron chi connectivity index (χ0n) is 11.6. The lowest BCUT2D eigenvalue weighted by atomic mass is 10.1. The van der Waals surface area contributed by atoms with Crippen molar-refractivity contribution in [3.8, 4) is 0 Å². The molecule has 1 aliphatic rings. The number of carbonyl (C=O) groups excluding carboxylic acids is 1. The van der Waals surface area contributed by atoms with Gasteiger partial charge in [0.2, 0.25) is 5.91 Å². The molecule has 20 heavy (non-hydrogen) atoms. The fourth-order valence-electron chi connectivity index (χ4n) is 2.11. The summed E-state index contributed by atoms with van der Waals surface area (Å²) in [7, 11) is 0. The van der Waals surface area contributed by atoms with Crippen molar-refractivity contribution in [3.63, 3.8) is 0 Å². The summed E-state index contributed by atoms with van der Waals surface area (Å²) in [6.07, 6.45) is 2.45. The average Bonchev–Trinajstić information content (AvgIpc) is 2.49. The van der Waals surface area contributed by atoms with E-state index in [0.717, 1.165) is 37.3 Å². The fourth-order valence-corrected chi connectivity index (χ4v) is 2.11. The third-order valence-corrected chi connectivity index (χ3v) is 3.32. The number of anilines is 1. The number of rotatable bonds is 6. The molecule has 1 aromatic carbocycles. The Morgan fingerprint density at radius 1 is 1.30 bits per heavy atom. The Labute approximate surface area is 119 Å². The maximum Gasteiger partial charge on any atom is 0.226 e. The summed E-state index contributed by atoms with van der Waals surface area (Å²) in [5.41, 5.74) is 7.36. The van der Waals surface area contributed by atoms with Gasteiger partial charge in [0, 0.05) is 25.4 Å². The summed E-state index contributed by atoms with van der Waals surface area (Å²) < 4.78 is 10.9. The van der Waals surface area contributed by atoms with Gasteiger partial charge in [-0.25, -0.2) is 0 Å². The number of hydrogen-bond donors (Lipinski definition) is 2. The van der Waals surface area contributed by atoms with Crippen LogP contribution in [0.1, 0.15) is 24.8 Å². The second-order valence-electron chi connectivity index (χ2n) is 4.88. The second-order valence-corrected chi connectivity index (χ2v) is 4.88. The smallest absolute Gasteiger partial charge is 0.226 e. The SMILES string of the molecule is NCc1ccc(NC(=O)CCOC2CCOCC2)cc1. The average molecular weight is 278 g/mol. The predicted octanol–water partition coefficient (Wildman–Crippen LogP) is 1.67. The Kier molecular flexibility index (Phi) is 5.98. The summed E-state index contributed by atoms with van der Waals surface area (Å²) in [5, 5.41) is 2.85. The van der Waals surface area contributed by atoms with Crippen LogP contribution in [0.25, 0.3) is 0 Å². The number of ether oxygens (including phenoxy) is 2. The number of hydrogen-bond acceptors (Lipinski definition) is 4. The zero-order valence-corrected chi connectivity index (χ0v) is 11.6. The first-order valence-electron chi connectivity index (χ1n) is 7.06. The highest BCUT2D eigenvalue weighted by Gasteiger charge is 2.14. The molecular formula is C15H22N2O3. The van der Waals surface area contributed by atoms with Crippen LogP contribution in [-0.4, -0.2) is 31.8 Å². The quantitative estimate of drug-likeness (QED) is 0.830. The van der Waals surface area contributed by atoms with E-state index in [-0.39, 0.29) is 12.0 Å². The van der Waals surface area contributed by atoms with E-state index in [2.05, 4.69) is 5.32 Å². The van der Waals surface area contributed by atoms with Gasteiger partial charge in [0.1, 0.15) is 0 Å². The lowest BCUT2D eigenvalue weighted by Gasteiger charge is -2.22. The van der Waals surface area contributed by atoms with Crippen molar-refractivity contribution in [2.45, 2.75) is 31.9 Å². The molecule has 0 unspecified atom stereocenters. The predicted molar refractivity (Wildman–Crippen MR) is 77.4 cm³/mol. The van der Waals surface area contributed by atoms with Crippen LogP contribution in [0.5, 0.6) is 0 Å². The van der Waals surface area contributed by atoms with E-state index < -0.39 is 0 Å². The summed E-state index contributed by atoms with van der Waals surface area (Å²) in [6.45, 7) is 2.47. The Hall–Kier alpha value is -1.43. The van der Waals surface area contributed by atoms with Crippen LogP contribution in [0.4, 0.5) is 5.69 Å². The van der Waals surface area contributed by atoms with Gasteiger partial charge < -0.3 is 20.5 Å². The minimum absolute atomic E-state index is 0.0300. The Balaban J connectivity index is 1.66. The summed E-state index contributed by atoms with van der Waals surface area (Å²) >= 11 is 0. The van der Waals surface area contributed by atoms with E-state index in [1.54, 1.807) is 0 Å². The number of carbonyl (C=O) groups is 1. The van der Waals surface area contributed by atoms with Crippen LogP contribution in [0.2, 0.25) is 0 Å². The van der Waals surface area contributed by atoms with Gasteiger partial charge in [-0.1, -0.05) is 12.1 Å². The molecular weight excluding hydrogens is 256 g/mol. The van der Waals surface area contributed by atoms with E-state index in [1.165, 1.54) is 0 Å². The van der Waals surface area contributed by atoms with Crippen molar-refractivity contribution in [1.29, 1.82) is 0 Å². The van der Waals surface area contributed by atoms with Crippen LogP contribution in [0.3, 0.4) is 0 Å². The van der Waals surface area contributed by atoms with E-state index in [9.17, 15) is 4.79 Å². The third kappa shape index (κ3) is 4.92. The number of benzene rings is 1. The van der Waals surface area contributed by atoms with E-state index in [0.29, 0.717) is 19.6 Å². The second kappa shape index (κ2) is 7.99. The topological polar surface area (TPSA) is 73.6 Å². The molecule has 5 heteroatoms. The first kappa shape index (κ1) is 15.0. The molecule has 3 N–H and O–H groups in total. The molecule has 5 nitrogen and oxygen atoms in total. The summed E-state index contributed by atoms with van der Waals surface area (Å²) in [4.78, 5) is 11.8.